The number of hydrogen-bond acceptors (Lipinski definition) is 3. The van der Waals surface area contributed by atoms with E-state index in [0.717, 1.165) is 12.3 Å². The molecule has 1 heterocycles. The number of pyridine rings is 1. The summed E-state index contributed by atoms with van der Waals surface area (Å²) in [5.41, 5.74) is -0.644. The first-order chi connectivity index (χ1) is 4.20. The first kappa shape index (κ1) is 5.68. The van der Waals surface area contributed by atoms with Gasteiger partial charge in [0.1, 0.15) is 5.75 Å². The first-order valence-electron chi connectivity index (χ1n) is 2.31. The molecule has 0 amide bonds. The Morgan fingerprint density at radius 2 is 2.22 bits per heavy atom. The highest BCUT2D eigenvalue weighted by Crippen LogP contribution is 1.98. The second kappa shape index (κ2) is 1.81. The predicted octanol–water partition coefficient (Wildman–Crippen LogP) is -0.209. The molecule has 0 fully saturated rings. The van der Waals surface area contributed by atoms with Crippen LogP contribution in [0, 0.1) is 0 Å². The van der Waals surface area contributed by atoms with E-state index in [1.54, 1.807) is 0 Å². The molecule has 0 aromatic carbocycles. The van der Waals surface area contributed by atoms with Crippen LogP contribution in [0.2, 0.25) is 0 Å². The maximum Gasteiger partial charge on any atom is 0.286 e. The Hall–Kier alpha value is -1.45. The standard InChI is InChI=1S/C5H5NO3/c7-4-1-2-6(9)5(8)3-4/h1-3,7,9H. The Morgan fingerprint density at radius 3 is 2.67 bits per heavy atom. The van der Waals surface area contributed by atoms with Crippen LogP contribution in [0.25, 0.3) is 0 Å². The first-order valence-corrected chi connectivity index (χ1v) is 2.31. The highest BCUT2D eigenvalue weighted by molar-refractivity contribution is 5.14. The van der Waals surface area contributed by atoms with Gasteiger partial charge in [0.05, 0.1) is 6.20 Å². The molecule has 0 saturated carbocycles. The molecular weight excluding hydrogens is 122 g/mol. The molecule has 0 atom stereocenters. The minimum Gasteiger partial charge on any atom is -0.508 e. The average molecular weight is 127 g/mol. The number of nitrogens with zero attached hydrogens (tertiary/aromatic N) is 1. The van der Waals surface area contributed by atoms with Crippen LogP contribution in [0.4, 0.5) is 0 Å². The molecule has 0 saturated heterocycles. The Balaban J connectivity index is 3.34. The average Bonchev–Trinajstić information content (AvgIpc) is 1.80. The summed E-state index contributed by atoms with van der Waals surface area (Å²) in [7, 11) is 0. The Labute approximate surface area is 50.6 Å². The highest BCUT2D eigenvalue weighted by atomic mass is 16.5. The van der Waals surface area contributed by atoms with Crippen molar-refractivity contribution in [1.29, 1.82) is 0 Å². The summed E-state index contributed by atoms with van der Waals surface area (Å²) < 4.78 is 0.389. The van der Waals surface area contributed by atoms with Crippen LogP contribution in [0.1, 0.15) is 0 Å². The van der Waals surface area contributed by atoms with Crippen molar-refractivity contribution in [1.82, 2.24) is 4.73 Å². The minimum atomic E-state index is -0.644. The summed E-state index contributed by atoms with van der Waals surface area (Å²) in [6.07, 6.45) is 1.07. The van der Waals surface area contributed by atoms with E-state index in [9.17, 15) is 4.79 Å². The van der Waals surface area contributed by atoms with Crippen LogP contribution >= 0.6 is 0 Å². The van der Waals surface area contributed by atoms with Gasteiger partial charge in [-0.25, -0.2) is 0 Å². The fraction of sp³-hybridized carbons (Fsp3) is 0. The van der Waals surface area contributed by atoms with Crippen LogP contribution in [0.5, 0.6) is 5.75 Å². The molecule has 0 aliphatic rings. The van der Waals surface area contributed by atoms with Gasteiger partial charge in [0.15, 0.2) is 0 Å². The van der Waals surface area contributed by atoms with Crippen LogP contribution in [0.3, 0.4) is 0 Å². The van der Waals surface area contributed by atoms with Crippen molar-refractivity contribution in [3.63, 3.8) is 0 Å². The van der Waals surface area contributed by atoms with Gasteiger partial charge in [-0.05, 0) is 6.07 Å². The Kier molecular flexibility index (Phi) is 1.14. The lowest BCUT2D eigenvalue weighted by Crippen LogP contribution is -2.14. The highest BCUT2D eigenvalue weighted by Gasteiger charge is 1.90. The second-order valence-electron chi connectivity index (χ2n) is 1.57. The van der Waals surface area contributed by atoms with Crippen molar-refractivity contribution in [2.24, 2.45) is 0 Å². The largest absolute Gasteiger partial charge is 0.508 e. The smallest absolute Gasteiger partial charge is 0.286 e. The fourth-order valence-corrected chi connectivity index (χ4v) is 0.461. The zero-order valence-electron chi connectivity index (χ0n) is 4.48. The zero-order valence-corrected chi connectivity index (χ0v) is 4.48. The number of hydrogen-bond donors (Lipinski definition) is 2. The van der Waals surface area contributed by atoms with Crippen molar-refractivity contribution in [2.45, 2.75) is 0 Å². The van der Waals surface area contributed by atoms with Crippen molar-refractivity contribution < 1.29 is 10.3 Å². The van der Waals surface area contributed by atoms with E-state index in [0.29, 0.717) is 4.73 Å². The molecule has 4 nitrogen and oxygen atoms in total. The van der Waals surface area contributed by atoms with Crippen LogP contribution in [0.15, 0.2) is 23.1 Å². The SMILES string of the molecule is O=c1cc(O)ccn1O. The lowest BCUT2D eigenvalue weighted by atomic mass is 10.5. The third kappa shape index (κ3) is 1.02. The molecule has 0 spiro atoms. The third-order valence-electron chi connectivity index (χ3n) is 0.884. The fourth-order valence-electron chi connectivity index (χ4n) is 0.461. The molecule has 0 bridgehead atoms. The van der Waals surface area contributed by atoms with E-state index in [4.69, 9.17) is 10.3 Å². The van der Waals surface area contributed by atoms with E-state index < -0.39 is 5.56 Å². The quantitative estimate of drug-likeness (QED) is 0.474. The summed E-state index contributed by atoms with van der Waals surface area (Å²) in [4.78, 5) is 10.4. The lowest BCUT2D eigenvalue weighted by molar-refractivity contribution is 0.174. The van der Waals surface area contributed by atoms with Crippen LogP contribution in [-0.4, -0.2) is 15.0 Å². The summed E-state index contributed by atoms with van der Waals surface area (Å²) in [5.74, 6) is -0.148. The maximum atomic E-state index is 10.4. The van der Waals surface area contributed by atoms with Crippen LogP contribution < -0.4 is 5.56 Å². The zero-order chi connectivity index (χ0) is 6.85. The van der Waals surface area contributed by atoms with Crippen molar-refractivity contribution in [3.8, 4) is 5.75 Å². The van der Waals surface area contributed by atoms with Gasteiger partial charge >= 0.3 is 0 Å². The van der Waals surface area contributed by atoms with Gasteiger partial charge in [-0.2, -0.15) is 4.73 Å². The van der Waals surface area contributed by atoms with Crippen molar-refractivity contribution in [3.05, 3.63) is 28.7 Å². The van der Waals surface area contributed by atoms with E-state index in [2.05, 4.69) is 0 Å². The van der Waals surface area contributed by atoms with Gasteiger partial charge in [-0.1, -0.05) is 0 Å². The lowest BCUT2D eigenvalue weighted by Gasteiger charge is -1.92. The van der Waals surface area contributed by atoms with E-state index >= 15 is 0 Å². The normalized spacial score (nSPS) is 9.33. The molecule has 1 aromatic heterocycles. The number of rotatable bonds is 0. The van der Waals surface area contributed by atoms with Gasteiger partial charge < -0.3 is 10.3 Å². The topological polar surface area (TPSA) is 62.5 Å². The van der Waals surface area contributed by atoms with E-state index in [-0.39, 0.29) is 5.75 Å². The molecule has 2 N–H and O–H groups in total. The minimum absolute atomic E-state index is 0.148. The van der Waals surface area contributed by atoms with Gasteiger partial charge in [0.2, 0.25) is 0 Å². The maximum absolute atomic E-state index is 10.4. The number of aromatic nitrogens is 1. The summed E-state index contributed by atoms with van der Waals surface area (Å²) in [5, 5.41) is 17.1. The predicted molar refractivity (Wildman–Crippen MR) is 29.6 cm³/mol. The van der Waals surface area contributed by atoms with Gasteiger partial charge in [0, 0.05) is 6.07 Å². The van der Waals surface area contributed by atoms with Gasteiger partial charge in [-0.3, -0.25) is 4.79 Å². The molecule has 1 aromatic rings. The Bertz CT molecular complexity index is 265. The molecule has 0 aliphatic carbocycles. The monoisotopic (exact) mass is 127 g/mol. The second-order valence-corrected chi connectivity index (χ2v) is 1.57. The summed E-state index contributed by atoms with van der Waals surface area (Å²) in [6.45, 7) is 0. The van der Waals surface area contributed by atoms with Gasteiger partial charge in [-0.15, -0.1) is 0 Å². The summed E-state index contributed by atoms with van der Waals surface area (Å²) in [6, 6.07) is 2.13. The van der Waals surface area contributed by atoms with E-state index in [1.165, 1.54) is 6.07 Å². The van der Waals surface area contributed by atoms with Crippen molar-refractivity contribution >= 4 is 0 Å². The Morgan fingerprint density at radius 1 is 1.56 bits per heavy atom. The molecular formula is C5H5NO3. The van der Waals surface area contributed by atoms with Crippen LogP contribution in [-0.2, 0) is 0 Å². The number of aromatic hydroxyl groups is 1. The molecule has 0 aliphatic heterocycles. The van der Waals surface area contributed by atoms with E-state index in [1.807, 2.05) is 0 Å². The molecule has 0 radical (unpaired) electrons. The molecule has 9 heavy (non-hydrogen) atoms. The van der Waals surface area contributed by atoms with Crippen molar-refractivity contribution in [2.75, 3.05) is 0 Å². The molecule has 0 unspecified atom stereocenters. The van der Waals surface area contributed by atoms with Gasteiger partial charge in [0.25, 0.3) is 5.56 Å². The molecule has 1 rings (SSSR count). The molecule has 4 heteroatoms. The summed E-state index contributed by atoms with van der Waals surface area (Å²) >= 11 is 0. The third-order valence-corrected chi connectivity index (χ3v) is 0.884. The molecule has 48 valence electrons.